The molecule has 3 heterocycles. The predicted molar refractivity (Wildman–Crippen MR) is 117 cm³/mol. The van der Waals surface area contributed by atoms with Crippen LogP contribution in [0.1, 0.15) is 52.1 Å². The van der Waals surface area contributed by atoms with Crippen LogP contribution in [-0.2, 0) is 4.74 Å². The summed E-state index contributed by atoms with van der Waals surface area (Å²) in [6.45, 7) is 5.23. The van der Waals surface area contributed by atoms with Gasteiger partial charge in [-0.2, -0.15) is 0 Å². The summed E-state index contributed by atoms with van der Waals surface area (Å²) in [5.74, 6) is 0.215. The molecule has 5 rings (SSSR count). The number of carbonyl (C=O) groups excluding carboxylic acids is 1. The zero-order valence-electron chi connectivity index (χ0n) is 17.4. The predicted octanol–water partition coefficient (Wildman–Crippen LogP) is 3.87. The fraction of sp³-hybridized carbons (Fsp3) is 0.435. The number of fused-ring (bicyclic) bond motifs is 1. The van der Waals surface area contributed by atoms with Crippen molar-refractivity contribution in [2.75, 3.05) is 32.8 Å². The number of nitrogens with one attached hydrogen (secondary N) is 1. The molecule has 1 atom stereocenters. The van der Waals surface area contributed by atoms with Crippen molar-refractivity contribution in [1.29, 1.82) is 0 Å². The highest BCUT2D eigenvalue weighted by molar-refractivity contribution is 6.31. The van der Waals surface area contributed by atoms with Gasteiger partial charge in [0.15, 0.2) is 0 Å². The van der Waals surface area contributed by atoms with Gasteiger partial charge < -0.3 is 14.6 Å². The van der Waals surface area contributed by atoms with Gasteiger partial charge in [-0.1, -0.05) is 35.0 Å². The third-order valence-corrected chi connectivity index (χ3v) is 6.36. The van der Waals surface area contributed by atoms with E-state index in [1.807, 2.05) is 37.3 Å². The van der Waals surface area contributed by atoms with Crippen LogP contribution in [0.4, 0.5) is 0 Å². The Hall–Kier alpha value is -2.48. The summed E-state index contributed by atoms with van der Waals surface area (Å²) in [6, 6.07) is 9.59. The fourth-order valence-corrected chi connectivity index (χ4v) is 4.53. The summed E-state index contributed by atoms with van der Waals surface area (Å²) in [6.07, 6.45) is 2.14. The number of nitrogens with zero attached hydrogens (tertiary/aromatic N) is 3. The first kappa shape index (κ1) is 20.4. The van der Waals surface area contributed by atoms with Gasteiger partial charge in [-0.25, -0.2) is 4.98 Å². The van der Waals surface area contributed by atoms with E-state index in [1.54, 1.807) is 0 Å². The molecule has 7 nitrogen and oxygen atoms in total. The summed E-state index contributed by atoms with van der Waals surface area (Å²) in [7, 11) is 0. The first-order chi connectivity index (χ1) is 15.1. The Bertz CT molecular complexity index is 1110. The molecule has 1 saturated carbocycles. The van der Waals surface area contributed by atoms with Gasteiger partial charge in [0, 0.05) is 36.3 Å². The van der Waals surface area contributed by atoms with Crippen LogP contribution >= 0.6 is 11.6 Å². The van der Waals surface area contributed by atoms with Crippen molar-refractivity contribution in [2.24, 2.45) is 0 Å². The average Bonchev–Trinajstić information content (AvgIpc) is 3.54. The maximum Gasteiger partial charge on any atom is 0.259 e. The molecule has 0 spiro atoms. The Morgan fingerprint density at radius 3 is 2.81 bits per heavy atom. The molecule has 1 N–H and O–H groups in total. The number of aryl methyl sites for hydroxylation is 1. The number of benzene rings is 1. The molecule has 1 unspecified atom stereocenters. The van der Waals surface area contributed by atoms with Gasteiger partial charge in [-0.05, 0) is 37.5 Å². The molecule has 1 saturated heterocycles. The van der Waals surface area contributed by atoms with Gasteiger partial charge in [-0.15, -0.1) is 0 Å². The number of rotatable bonds is 6. The van der Waals surface area contributed by atoms with E-state index >= 15 is 0 Å². The Morgan fingerprint density at radius 2 is 2.06 bits per heavy atom. The number of pyridine rings is 1. The van der Waals surface area contributed by atoms with E-state index in [0.717, 1.165) is 48.3 Å². The van der Waals surface area contributed by atoms with E-state index in [4.69, 9.17) is 20.9 Å². The van der Waals surface area contributed by atoms with Gasteiger partial charge >= 0.3 is 0 Å². The normalized spacial score (nSPS) is 18.3. The van der Waals surface area contributed by atoms with Crippen molar-refractivity contribution in [3.05, 3.63) is 57.9 Å². The molecule has 1 aliphatic heterocycles. The monoisotopic (exact) mass is 440 g/mol. The Morgan fingerprint density at radius 1 is 1.29 bits per heavy atom. The second kappa shape index (κ2) is 8.57. The molecule has 0 radical (unpaired) electrons. The molecule has 3 aromatic rings. The molecule has 2 fully saturated rings. The quantitative estimate of drug-likeness (QED) is 0.626. The smallest absolute Gasteiger partial charge is 0.259 e. The van der Waals surface area contributed by atoms with Gasteiger partial charge in [-0.3, -0.25) is 9.69 Å². The Kier molecular flexibility index (Phi) is 5.65. The minimum absolute atomic E-state index is 0.0367. The van der Waals surface area contributed by atoms with Crippen LogP contribution in [0.15, 0.2) is 34.9 Å². The summed E-state index contributed by atoms with van der Waals surface area (Å²) in [4.78, 5) is 20.1. The first-order valence-corrected chi connectivity index (χ1v) is 11.1. The molecular weight excluding hydrogens is 416 g/mol. The highest BCUT2D eigenvalue weighted by Gasteiger charge is 2.32. The van der Waals surface area contributed by atoms with E-state index in [0.29, 0.717) is 42.0 Å². The molecule has 1 amide bonds. The molecule has 31 heavy (non-hydrogen) atoms. The lowest BCUT2D eigenvalue weighted by Gasteiger charge is -2.35. The number of aromatic nitrogens is 2. The van der Waals surface area contributed by atoms with Crippen LogP contribution in [0.3, 0.4) is 0 Å². The summed E-state index contributed by atoms with van der Waals surface area (Å²) >= 11 is 6.52. The van der Waals surface area contributed by atoms with E-state index in [1.165, 1.54) is 0 Å². The van der Waals surface area contributed by atoms with Crippen LogP contribution in [0.25, 0.3) is 11.1 Å². The third kappa shape index (κ3) is 4.18. The van der Waals surface area contributed by atoms with Crippen molar-refractivity contribution < 1.29 is 14.1 Å². The maximum absolute atomic E-state index is 13.3. The molecule has 162 valence electrons. The lowest BCUT2D eigenvalue weighted by Crippen LogP contribution is -2.44. The van der Waals surface area contributed by atoms with Gasteiger partial charge in [0.25, 0.3) is 11.6 Å². The number of carbonyl (C=O) groups is 1. The van der Waals surface area contributed by atoms with Crippen LogP contribution in [-0.4, -0.2) is 53.8 Å². The minimum atomic E-state index is -0.147. The van der Waals surface area contributed by atoms with Crippen molar-refractivity contribution in [1.82, 2.24) is 20.4 Å². The third-order valence-electron chi connectivity index (χ3n) is 6.02. The zero-order valence-corrected chi connectivity index (χ0v) is 18.2. The zero-order chi connectivity index (χ0) is 21.4. The van der Waals surface area contributed by atoms with Gasteiger partial charge in [0.2, 0.25) is 0 Å². The number of hydrogen-bond acceptors (Lipinski definition) is 6. The summed E-state index contributed by atoms with van der Waals surface area (Å²) < 4.78 is 11.0. The number of ether oxygens (including phenoxy) is 1. The van der Waals surface area contributed by atoms with Crippen molar-refractivity contribution in [3.8, 4) is 0 Å². The van der Waals surface area contributed by atoms with Crippen molar-refractivity contribution in [2.45, 2.75) is 31.7 Å². The highest BCUT2D eigenvalue weighted by atomic mass is 35.5. The molecule has 2 aliphatic rings. The molecular formula is C23H25ClN4O3. The maximum atomic E-state index is 13.3. The van der Waals surface area contributed by atoms with E-state index in [2.05, 4.69) is 20.4 Å². The molecule has 0 bridgehead atoms. The van der Waals surface area contributed by atoms with Crippen LogP contribution in [0, 0.1) is 6.92 Å². The second-order valence-corrected chi connectivity index (χ2v) is 8.64. The minimum Gasteiger partial charge on any atom is -0.379 e. The van der Waals surface area contributed by atoms with E-state index in [9.17, 15) is 4.79 Å². The Labute approximate surface area is 185 Å². The van der Waals surface area contributed by atoms with Crippen molar-refractivity contribution in [3.63, 3.8) is 0 Å². The Balaban J connectivity index is 1.42. The number of hydrogen-bond donors (Lipinski definition) is 1. The largest absolute Gasteiger partial charge is 0.379 e. The van der Waals surface area contributed by atoms with E-state index in [-0.39, 0.29) is 11.9 Å². The highest BCUT2D eigenvalue weighted by Crippen LogP contribution is 2.43. The SMILES string of the molecule is Cc1cc(C(=O)NCC(c2ccccc2Cl)N2CCOCC2)c2c(C3CC3)noc2n1. The lowest BCUT2D eigenvalue weighted by atomic mass is 10.0. The lowest BCUT2D eigenvalue weighted by molar-refractivity contribution is 0.0162. The van der Waals surface area contributed by atoms with Crippen LogP contribution in [0.5, 0.6) is 0 Å². The molecule has 8 heteroatoms. The topological polar surface area (TPSA) is 80.5 Å². The fourth-order valence-electron chi connectivity index (χ4n) is 4.27. The standard InChI is InChI=1S/C23H25ClN4O3/c1-14-12-17(20-21(15-6-7-15)27-31-23(20)26-14)22(29)25-13-19(28-8-10-30-11-9-28)16-4-2-3-5-18(16)24/h2-5,12,15,19H,6-11,13H2,1H3,(H,25,29). The van der Waals surface area contributed by atoms with Crippen molar-refractivity contribution >= 4 is 28.6 Å². The molecule has 2 aromatic heterocycles. The summed E-state index contributed by atoms with van der Waals surface area (Å²) in [5.41, 5.74) is 3.59. The van der Waals surface area contributed by atoms with Gasteiger partial charge in [0.1, 0.15) is 0 Å². The molecule has 1 aliphatic carbocycles. The number of morpholine rings is 1. The first-order valence-electron chi connectivity index (χ1n) is 10.7. The number of halogens is 1. The number of amides is 1. The summed E-state index contributed by atoms with van der Waals surface area (Å²) in [5, 5.41) is 8.79. The van der Waals surface area contributed by atoms with Crippen LogP contribution < -0.4 is 5.32 Å². The van der Waals surface area contributed by atoms with E-state index < -0.39 is 0 Å². The van der Waals surface area contributed by atoms with Crippen LogP contribution in [0.2, 0.25) is 5.02 Å². The average molecular weight is 441 g/mol. The second-order valence-electron chi connectivity index (χ2n) is 8.23. The molecule has 1 aromatic carbocycles. The van der Waals surface area contributed by atoms with Gasteiger partial charge in [0.05, 0.1) is 35.9 Å².